The number of nitrogens with one attached hydrogen (secondary N) is 3. The van der Waals surface area contributed by atoms with Gasteiger partial charge in [0.15, 0.2) is 0 Å². The summed E-state index contributed by atoms with van der Waals surface area (Å²) in [7, 11) is -7.92. The average molecular weight is 694 g/mol. The van der Waals surface area contributed by atoms with E-state index in [2.05, 4.69) is 41.0 Å². The van der Waals surface area contributed by atoms with Crippen molar-refractivity contribution in [1.29, 1.82) is 0 Å². The Morgan fingerprint density at radius 2 is 1.28 bits per heavy atom. The summed E-state index contributed by atoms with van der Waals surface area (Å²) in [4.78, 5) is 8.23. The lowest BCUT2D eigenvalue weighted by Crippen LogP contribution is -2.30. The zero-order valence-electron chi connectivity index (χ0n) is 27.2. The van der Waals surface area contributed by atoms with Gasteiger partial charge in [0.2, 0.25) is 16.0 Å². The molecule has 0 aliphatic heterocycles. The van der Waals surface area contributed by atoms with E-state index in [1.807, 2.05) is 39.8 Å². The van der Waals surface area contributed by atoms with Gasteiger partial charge >= 0.3 is 0 Å². The molecule has 15 heteroatoms. The number of rotatable bonds is 10. The fraction of sp³-hybridized carbons (Fsp3) is 0.323. The molecule has 0 amide bonds. The van der Waals surface area contributed by atoms with Crippen LogP contribution in [-0.2, 0) is 29.4 Å². The monoisotopic (exact) mass is 693 g/mol. The SMILES string of the molecule is C=S(=O)(NC(C)C)c1ccc(-n2cncn2)cc1.C=S(C)(=O)NC(C)C.CC(C)NS(=O)(=O)c1ccc(-c2ccnc(F)c2)cc1. The third kappa shape index (κ3) is 13.5. The second-order valence-electron chi connectivity index (χ2n) is 11.2. The molecule has 2 atom stereocenters. The number of nitrogens with zero attached hydrogens (tertiary/aromatic N) is 4. The van der Waals surface area contributed by atoms with Crippen molar-refractivity contribution in [2.45, 2.75) is 69.5 Å². The van der Waals surface area contributed by atoms with E-state index in [4.69, 9.17) is 0 Å². The fourth-order valence-corrected chi connectivity index (χ4v) is 7.62. The lowest BCUT2D eigenvalue weighted by Gasteiger charge is -2.14. The van der Waals surface area contributed by atoms with Gasteiger partial charge in [0.25, 0.3) is 0 Å². The number of sulfonamides is 1. The number of hydrogen-bond donors (Lipinski definition) is 3. The van der Waals surface area contributed by atoms with Gasteiger partial charge in [-0.2, -0.15) is 9.49 Å². The van der Waals surface area contributed by atoms with Crippen LogP contribution in [0, 0.1) is 5.95 Å². The number of benzene rings is 2. The molecule has 0 aliphatic carbocycles. The van der Waals surface area contributed by atoms with E-state index in [0.29, 0.717) is 10.5 Å². The minimum Gasteiger partial charge on any atom is -0.253 e. The summed E-state index contributed by atoms with van der Waals surface area (Å²) in [6.45, 7) is 11.3. The normalized spacial score (nSPS) is 14.1. The van der Waals surface area contributed by atoms with Gasteiger partial charge in [-0.25, -0.2) is 41.4 Å². The van der Waals surface area contributed by atoms with E-state index >= 15 is 0 Å². The molecule has 0 fully saturated rings. The highest BCUT2D eigenvalue weighted by atomic mass is 32.2. The second kappa shape index (κ2) is 16.9. The summed E-state index contributed by atoms with van der Waals surface area (Å²) >= 11 is 0. The lowest BCUT2D eigenvalue weighted by molar-refractivity contribution is 0.569. The first-order valence-electron chi connectivity index (χ1n) is 14.2. The molecule has 0 saturated heterocycles. The Kier molecular flexibility index (Phi) is 14.2. The van der Waals surface area contributed by atoms with Crippen molar-refractivity contribution in [3.63, 3.8) is 0 Å². The van der Waals surface area contributed by atoms with Crippen LogP contribution in [0.2, 0.25) is 0 Å². The number of aromatic nitrogens is 4. The molecule has 252 valence electrons. The summed E-state index contributed by atoms with van der Waals surface area (Å²) in [5, 5.41) is 4.03. The zero-order valence-corrected chi connectivity index (χ0v) is 29.6. The molecule has 2 heterocycles. The topological polar surface area (TPSA) is 148 Å². The molecule has 46 heavy (non-hydrogen) atoms. The molecule has 2 aromatic carbocycles. The van der Waals surface area contributed by atoms with Crippen LogP contribution in [0.15, 0.2) is 89.3 Å². The number of pyridine rings is 1. The predicted molar refractivity (Wildman–Crippen MR) is 188 cm³/mol. The quantitative estimate of drug-likeness (QED) is 0.168. The standard InChI is InChI=1S/C14H15FN2O2S.C12H16N4OS.C5H13NOS/c1-10(2)17-20(18,19)13-5-3-11(4-6-13)12-7-8-16-14(15)9-12;1-10(2)15-18(3,17)12-6-4-11(5-7-12)16-9-13-8-14-16;1-5(2)6-8(3,4)7/h3-10,17H,1-2H3;4-10H,3H2,1-2H3,(H,15,17);5H,3H2,1-2,4H3,(H,6,7). The highest BCUT2D eigenvalue weighted by Crippen LogP contribution is 2.21. The molecule has 0 aliphatic rings. The van der Waals surface area contributed by atoms with Crippen molar-refractivity contribution < 1.29 is 21.2 Å². The number of halogens is 1. The predicted octanol–water partition coefficient (Wildman–Crippen LogP) is 4.08. The Morgan fingerprint density at radius 3 is 1.72 bits per heavy atom. The highest BCUT2D eigenvalue weighted by Gasteiger charge is 2.15. The van der Waals surface area contributed by atoms with Crippen LogP contribution in [-0.4, -0.2) is 72.7 Å². The highest BCUT2D eigenvalue weighted by molar-refractivity contribution is 7.98. The minimum atomic E-state index is -3.50. The maximum atomic E-state index is 13.0. The maximum absolute atomic E-state index is 13.0. The minimum absolute atomic E-state index is 0.116. The molecule has 0 radical (unpaired) electrons. The van der Waals surface area contributed by atoms with Gasteiger partial charge in [-0.1, -0.05) is 12.1 Å². The van der Waals surface area contributed by atoms with Crippen LogP contribution in [0.1, 0.15) is 41.5 Å². The average Bonchev–Trinajstić information content (AvgIpc) is 3.47. The van der Waals surface area contributed by atoms with Crippen LogP contribution in [0.5, 0.6) is 0 Å². The molecular weight excluding hydrogens is 650 g/mol. The van der Waals surface area contributed by atoms with Gasteiger partial charge in [-0.05, 0) is 107 Å². The van der Waals surface area contributed by atoms with Crippen molar-refractivity contribution in [2.24, 2.45) is 0 Å². The Bertz CT molecular complexity index is 1840. The zero-order chi connectivity index (χ0) is 34.7. The first kappa shape index (κ1) is 38.7. The van der Waals surface area contributed by atoms with Gasteiger partial charge in [0.05, 0.1) is 20.3 Å². The Hall–Kier alpha value is -3.47. The van der Waals surface area contributed by atoms with Crippen LogP contribution < -0.4 is 14.2 Å². The molecular formula is C31H44FN7O4S3. The molecule has 2 unspecified atom stereocenters. The van der Waals surface area contributed by atoms with Gasteiger partial charge in [0, 0.05) is 51.2 Å². The van der Waals surface area contributed by atoms with Gasteiger partial charge < -0.3 is 0 Å². The largest absolute Gasteiger partial charge is 0.253 e. The molecule has 4 aromatic rings. The van der Waals surface area contributed by atoms with Crippen molar-refractivity contribution >= 4 is 41.2 Å². The Morgan fingerprint density at radius 1 is 0.739 bits per heavy atom. The smallest absolute Gasteiger partial charge is 0.240 e. The number of hydrogen-bond acceptors (Lipinski definition) is 7. The second-order valence-corrected chi connectivity index (χ2v) is 17.2. The van der Waals surface area contributed by atoms with E-state index < -0.39 is 35.4 Å². The maximum Gasteiger partial charge on any atom is 0.240 e. The molecule has 4 rings (SSSR count). The van der Waals surface area contributed by atoms with Gasteiger partial charge in [0.1, 0.15) is 12.7 Å². The molecule has 11 nitrogen and oxygen atoms in total. The molecule has 2 aromatic heterocycles. The molecule has 0 bridgehead atoms. The fourth-order valence-electron chi connectivity index (χ4n) is 3.89. The third-order valence-electron chi connectivity index (χ3n) is 5.43. The Balaban J connectivity index is 0.000000262. The van der Waals surface area contributed by atoms with Crippen LogP contribution >= 0.6 is 0 Å². The summed E-state index contributed by atoms with van der Waals surface area (Å²) in [5.41, 5.74) is 2.25. The Labute approximate surface area is 273 Å². The van der Waals surface area contributed by atoms with E-state index in [9.17, 15) is 21.2 Å². The van der Waals surface area contributed by atoms with Crippen molar-refractivity contribution in [1.82, 2.24) is 33.9 Å². The summed E-state index contributed by atoms with van der Waals surface area (Å²) in [6.07, 6.45) is 6.05. The first-order valence-corrected chi connectivity index (χ1v) is 19.6. The van der Waals surface area contributed by atoms with E-state index in [0.717, 1.165) is 11.3 Å². The molecule has 3 N–H and O–H groups in total. The van der Waals surface area contributed by atoms with Gasteiger partial charge in [-0.15, -0.1) is 0 Å². The van der Waals surface area contributed by atoms with Crippen LogP contribution in [0.3, 0.4) is 0 Å². The summed E-state index contributed by atoms with van der Waals surface area (Å²) in [6, 6.07) is 16.7. The molecule has 0 spiro atoms. The van der Waals surface area contributed by atoms with Crippen LogP contribution in [0.4, 0.5) is 4.39 Å². The van der Waals surface area contributed by atoms with Gasteiger partial charge in [-0.3, -0.25) is 4.21 Å². The lowest BCUT2D eigenvalue weighted by atomic mass is 10.1. The molecule has 0 saturated carbocycles. The summed E-state index contributed by atoms with van der Waals surface area (Å²) in [5.74, 6) is 6.61. The van der Waals surface area contributed by atoms with E-state index in [-0.39, 0.29) is 23.0 Å². The van der Waals surface area contributed by atoms with E-state index in [1.54, 1.807) is 61.4 Å². The van der Waals surface area contributed by atoms with E-state index in [1.165, 1.54) is 30.7 Å². The summed E-state index contributed by atoms with van der Waals surface area (Å²) < 4.78 is 70.0. The van der Waals surface area contributed by atoms with Crippen molar-refractivity contribution in [2.75, 3.05) is 6.26 Å². The van der Waals surface area contributed by atoms with Crippen molar-refractivity contribution in [3.05, 3.63) is 85.5 Å². The van der Waals surface area contributed by atoms with Crippen LogP contribution in [0.25, 0.3) is 16.8 Å². The first-order chi connectivity index (χ1) is 21.3. The van der Waals surface area contributed by atoms with Crippen molar-refractivity contribution in [3.8, 4) is 16.8 Å². The third-order valence-corrected chi connectivity index (χ3v) is 9.96.